The van der Waals surface area contributed by atoms with Crippen molar-refractivity contribution >= 4 is 5.91 Å². The van der Waals surface area contributed by atoms with Crippen molar-refractivity contribution in [1.29, 1.82) is 0 Å². The van der Waals surface area contributed by atoms with Gasteiger partial charge in [-0.1, -0.05) is 0 Å². The molecular formula is C10H20N2O2. The molecule has 0 radical (unpaired) electrons. The lowest BCUT2D eigenvalue weighted by Gasteiger charge is -2.36. The third-order valence-corrected chi connectivity index (χ3v) is 3.13. The number of rotatable bonds is 3. The van der Waals surface area contributed by atoms with Crippen molar-refractivity contribution in [3.05, 3.63) is 0 Å². The number of nitrogens with two attached hydrogens (primary N) is 1. The van der Waals surface area contributed by atoms with Crippen molar-refractivity contribution in [3.63, 3.8) is 0 Å². The van der Waals surface area contributed by atoms with Crippen LogP contribution < -0.4 is 5.73 Å². The fourth-order valence-corrected chi connectivity index (χ4v) is 1.97. The molecule has 1 aliphatic heterocycles. The number of likely N-dealkylation sites (tertiary alicyclic amines) is 1. The van der Waals surface area contributed by atoms with Crippen LogP contribution in [0.3, 0.4) is 0 Å². The van der Waals surface area contributed by atoms with Gasteiger partial charge in [-0.15, -0.1) is 0 Å². The number of hydrogen-bond donors (Lipinski definition) is 2. The molecule has 0 bridgehead atoms. The highest BCUT2D eigenvalue weighted by Crippen LogP contribution is 2.21. The summed E-state index contributed by atoms with van der Waals surface area (Å²) < 4.78 is 0. The fraction of sp³-hybridized carbons (Fsp3) is 0.900. The third-order valence-electron chi connectivity index (χ3n) is 3.13. The summed E-state index contributed by atoms with van der Waals surface area (Å²) in [6.45, 7) is 5.32. The quantitative estimate of drug-likeness (QED) is 0.671. The summed E-state index contributed by atoms with van der Waals surface area (Å²) in [6, 6.07) is -0.212. The molecule has 0 saturated carbocycles. The Balaban J connectivity index is 2.51. The van der Waals surface area contributed by atoms with Gasteiger partial charge >= 0.3 is 0 Å². The second-order valence-corrected chi connectivity index (χ2v) is 4.22. The number of carbonyl (C=O) groups is 1. The standard InChI is InChI=1S/C10H20N2O2/c1-7(10(11)14)12-5-3-4-9(6-12)8(2)13/h7-9,13H,3-6H2,1-2H3,(H2,11,14)/t7-,8-,9-/m0/s1. The maximum Gasteiger partial charge on any atom is 0.234 e. The number of aliphatic hydroxyl groups excluding tert-OH is 1. The average molecular weight is 200 g/mol. The Morgan fingerprint density at radius 1 is 1.57 bits per heavy atom. The van der Waals surface area contributed by atoms with Crippen LogP contribution in [0.1, 0.15) is 26.7 Å². The van der Waals surface area contributed by atoms with Crippen molar-refractivity contribution in [2.45, 2.75) is 38.8 Å². The summed E-state index contributed by atoms with van der Waals surface area (Å²) in [5, 5.41) is 9.47. The van der Waals surface area contributed by atoms with Crippen molar-refractivity contribution in [3.8, 4) is 0 Å². The zero-order valence-electron chi connectivity index (χ0n) is 8.94. The number of primary amides is 1. The van der Waals surface area contributed by atoms with E-state index in [-0.39, 0.29) is 24.0 Å². The van der Waals surface area contributed by atoms with Crippen LogP contribution in [-0.2, 0) is 4.79 Å². The lowest BCUT2D eigenvalue weighted by molar-refractivity contribution is -0.123. The van der Waals surface area contributed by atoms with Crippen LogP contribution in [0.2, 0.25) is 0 Å². The molecular weight excluding hydrogens is 180 g/mol. The van der Waals surface area contributed by atoms with Crippen molar-refractivity contribution < 1.29 is 9.90 Å². The van der Waals surface area contributed by atoms with E-state index in [1.165, 1.54) is 0 Å². The molecule has 4 nitrogen and oxygen atoms in total. The van der Waals surface area contributed by atoms with E-state index in [9.17, 15) is 9.90 Å². The summed E-state index contributed by atoms with van der Waals surface area (Å²) in [5.74, 6) is 0.00166. The van der Waals surface area contributed by atoms with E-state index in [0.717, 1.165) is 25.9 Å². The molecule has 14 heavy (non-hydrogen) atoms. The van der Waals surface area contributed by atoms with Crippen LogP contribution in [0, 0.1) is 5.92 Å². The van der Waals surface area contributed by atoms with Gasteiger partial charge in [0.1, 0.15) is 0 Å². The van der Waals surface area contributed by atoms with Crippen molar-refractivity contribution in [2.75, 3.05) is 13.1 Å². The van der Waals surface area contributed by atoms with Crippen molar-refractivity contribution in [2.24, 2.45) is 11.7 Å². The highest BCUT2D eigenvalue weighted by Gasteiger charge is 2.28. The third kappa shape index (κ3) is 2.69. The van der Waals surface area contributed by atoms with Crippen LogP contribution in [0.15, 0.2) is 0 Å². The van der Waals surface area contributed by atoms with Gasteiger partial charge in [0.05, 0.1) is 12.1 Å². The molecule has 0 aromatic carbocycles. The van der Waals surface area contributed by atoms with Crippen LogP contribution in [0.4, 0.5) is 0 Å². The second-order valence-electron chi connectivity index (χ2n) is 4.22. The molecule has 1 saturated heterocycles. The molecule has 82 valence electrons. The lowest BCUT2D eigenvalue weighted by atomic mass is 9.92. The molecule has 4 heteroatoms. The van der Waals surface area contributed by atoms with E-state index in [4.69, 9.17) is 5.73 Å². The van der Waals surface area contributed by atoms with Gasteiger partial charge < -0.3 is 10.8 Å². The minimum absolute atomic E-state index is 0.212. The Kier molecular flexibility index (Phi) is 3.89. The number of carbonyl (C=O) groups excluding carboxylic acids is 1. The van der Waals surface area contributed by atoms with E-state index >= 15 is 0 Å². The first kappa shape index (κ1) is 11.5. The molecule has 1 aliphatic rings. The smallest absolute Gasteiger partial charge is 0.234 e. The molecule has 1 fully saturated rings. The predicted octanol–water partition coefficient (Wildman–Crippen LogP) is -0.0470. The van der Waals surface area contributed by atoms with Crippen LogP contribution >= 0.6 is 0 Å². The number of aliphatic hydroxyl groups is 1. The van der Waals surface area contributed by atoms with E-state index in [2.05, 4.69) is 4.90 Å². The first-order valence-corrected chi connectivity index (χ1v) is 5.23. The Labute approximate surface area is 85.1 Å². The molecule has 0 unspecified atom stereocenters. The lowest BCUT2D eigenvalue weighted by Crippen LogP contribution is -2.49. The molecule has 3 N–H and O–H groups in total. The summed E-state index contributed by atoms with van der Waals surface area (Å²) in [4.78, 5) is 13.1. The summed E-state index contributed by atoms with van der Waals surface area (Å²) in [6.07, 6.45) is 1.78. The second kappa shape index (κ2) is 4.75. The van der Waals surface area contributed by atoms with E-state index in [1.807, 2.05) is 13.8 Å². The molecule has 0 spiro atoms. The molecule has 3 atom stereocenters. The predicted molar refractivity (Wildman–Crippen MR) is 54.6 cm³/mol. The Morgan fingerprint density at radius 2 is 2.21 bits per heavy atom. The van der Waals surface area contributed by atoms with Gasteiger partial charge in [0.15, 0.2) is 0 Å². The van der Waals surface area contributed by atoms with Crippen LogP contribution in [0.25, 0.3) is 0 Å². The first-order chi connectivity index (χ1) is 6.52. The van der Waals surface area contributed by atoms with E-state index in [0.29, 0.717) is 0 Å². The van der Waals surface area contributed by atoms with Gasteiger partial charge in [0.25, 0.3) is 0 Å². The molecule has 0 aliphatic carbocycles. The minimum atomic E-state index is -0.294. The Bertz CT molecular complexity index is 206. The summed E-state index contributed by atoms with van der Waals surface area (Å²) >= 11 is 0. The van der Waals surface area contributed by atoms with Gasteiger partial charge in [-0.2, -0.15) is 0 Å². The maximum atomic E-state index is 11.0. The van der Waals surface area contributed by atoms with Gasteiger partial charge in [-0.25, -0.2) is 0 Å². The number of amides is 1. The first-order valence-electron chi connectivity index (χ1n) is 5.23. The SMILES string of the molecule is C[C@H](O)[C@H]1CCCN([C@@H](C)C(N)=O)C1. The average Bonchev–Trinajstić information content (AvgIpc) is 2.16. The molecule has 0 aromatic heterocycles. The van der Waals surface area contributed by atoms with Gasteiger partial charge in [-0.05, 0) is 39.2 Å². The maximum absolute atomic E-state index is 11.0. The van der Waals surface area contributed by atoms with Gasteiger partial charge in [0.2, 0.25) is 5.91 Å². The monoisotopic (exact) mass is 200 g/mol. The van der Waals surface area contributed by atoms with Crippen LogP contribution in [-0.4, -0.2) is 41.1 Å². The molecule has 1 heterocycles. The summed E-state index contributed by atoms with van der Waals surface area (Å²) in [7, 11) is 0. The highest BCUT2D eigenvalue weighted by atomic mass is 16.3. The number of nitrogens with zero attached hydrogens (tertiary/aromatic N) is 1. The minimum Gasteiger partial charge on any atom is -0.393 e. The largest absolute Gasteiger partial charge is 0.393 e. The van der Waals surface area contributed by atoms with Crippen molar-refractivity contribution in [1.82, 2.24) is 4.90 Å². The molecule has 1 amide bonds. The highest BCUT2D eigenvalue weighted by molar-refractivity contribution is 5.79. The zero-order chi connectivity index (χ0) is 10.7. The van der Waals surface area contributed by atoms with Gasteiger partial charge in [0, 0.05) is 6.54 Å². The molecule has 1 rings (SSSR count). The zero-order valence-corrected chi connectivity index (χ0v) is 8.94. The normalized spacial score (nSPS) is 28.4. The van der Waals surface area contributed by atoms with Gasteiger partial charge in [-0.3, -0.25) is 9.69 Å². The number of hydrogen-bond acceptors (Lipinski definition) is 3. The topological polar surface area (TPSA) is 66.6 Å². The Hall–Kier alpha value is -0.610. The summed E-state index contributed by atoms with van der Waals surface area (Å²) in [5.41, 5.74) is 5.25. The van der Waals surface area contributed by atoms with E-state index in [1.54, 1.807) is 0 Å². The number of piperidine rings is 1. The molecule has 0 aromatic rings. The van der Waals surface area contributed by atoms with E-state index < -0.39 is 0 Å². The Morgan fingerprint density at radius 3 is 2.71 bits per heavy atom. The fourth-order valence-electron chi connectivity index (χ4n) is 1.97. The van der Waals surface area contributed by atoms with Crippen LogP contribution in [0.5, 0.6) is 0 Å².